The number of hydrogen-bond acceptors (Lipinski definition) is 8. The van der Waals surface area contributed by atoms with Gasteiger partial charge in [-0.25, -0.2) is 17.9 Å². The van der Waals surface area contributed by atoms with E-state index < -0.39 is 9.84 Å². The van der Waals surface area contributed by atoms with Gasteiger partial charge in [-0.1, -0.05) is 17.7 Å². The number of ether oxygens (including phenoxy) is 1. The molecule has 10 nitrogen and oxygen atoms in total. The van der Waals surface area contributed by atoms with E-state index in [4.69, 9.17) is 26.4 Å². The lowest BCUT2D eigenvalue weighted by atomic mass is 9.97. The maximum atomic E-state index is 14.0. The minimum Gasteiger partial charge on any atom is -0.379 e. The van der Waals surface area contributed by atoms with Gasteiger partial charge in [0.05, 0.1) is 30.6 Å². The van der Waals surface area contributed by atoms with E-state index in [1.807, 2.05) is 15.5 Å². The summed E-state index contributed by atoms with van der Waals surface area (Å²) >= 11 is 6.26. The highest BCUT2D eigenvalue weighted by Gasteiger charge is 2.33. The molecule has 0 saturated carbocycles. The van der Waals surface area contributed by atoms with Crippen molar-refractivity contribution in [2.24, 2.45) is 0 Å². The summed E-state index contributed by atoms with van der Waals surface area (Å²) < 4.78 is 31.6. The minimum atomic E-state index is -3.46. The molecule has 3 fully saturated rings. The summed E-state index contributed by atoms with van der Waals surface area (Å²) in [5.41, 5.74) is 3.24. The Kier molecular flexibility index (Phi) is 7.73. The maximum absolute atomic E-state index is 14.0. The van der Waals surface area contributed by atoms with E-state index >= 15 is 0 Å². The molecule has 3 aliphatic heterocycles. The molecule has 1 amide bonds. The molecule has 6 rings (SSSR count). The highest BCUT2D eigenvalue weighted by Crippen LogP contribution is 2.34. The number of morpholine rings is 1. The molecule has 3 aromatic rings. The summed E-state index contributed by atoms with van der Waals surface area (Å²) in [4.78, 5) is 25.4. The molecule has 0 unspecified atom stereocenters. The highest BCUT2D eigenvalue weighted by atomic mass is 35.5. The van der Waals surface area contributed by atoms with E-state index in [0.717, 1.165) is 106 Å². The van der Waals surface area contributed by atoms with Gasteiger partial charge in [-0.3, -0.25) is 9.69 Å². The van der Waals surface area contributed by atoms with Crippen LogP contribution in [-0.2, 0) is 21.1 Å². The van der Waals surface area contributed by atoms with Gasteiger partial charge in [0.25, 0.3) is 5.91 Å². The number of piperidine rings is 1. The number of carbonyl (C=O) groups is 1. The van der Waals surface area contributed by atoms with Crippen LogP contribution in [0.3, 0.4) is 0 Å². The lowest BCUT2D eigenvalue weighted by Gasteiger charge is -2.35. The molecular formula is C28H34ClN6O4S. The molecule has 5 heterocycles. The van der Waals surface area contributed by atoms with Crippen LogP contribution in [0.4, 0.5) is 5.82 Å². The number of likely N-dealkylation sites (tertiary alicyclic amines) is 1. The molecule has 213 valence electrons. The second kappa shape index (κ2) is 11.3. The molecule has 40 heavy (non-hydrogen) atoms. The zero-order valence-electron chi connectivity index (χ0n) is 22.6. The molecule has 0 N–H and O–H groups in total. The van der Waals surface area contributed by atoms with Gasteiger partial charge >= 0.3 is 0 Å². The first-order valence-electron chi connectivity index (χ1n) is 13.9. The first kappa shape index (κ1) is 27.4. The third kappa shape index (κ3) is 5.83. The number of hydrogen-bond donors (Lipinski definition) is 0. The first-order valence-corrected chi connectivity index (χ1v) is 16.2. The molecule has 1 aromatic carbocycles. The Morgan fingerprint density at radius 2 is 1.88 bits per heavy atom. The predicted molar refractivity (Wildman–Crippen MR) is 153 cm³/mol. The number of halogens is 1. The fourth-order valence-corrected chi connectivity index (χ4v) is 6.53. The van der Waals surface area contributed by atoms with Crippen LogP contribution in [0.5, 0.6) is 0 Å². The Labute approximate surface area is 239 Å². The SMILES string of the molecule is CS(=O)(=O)[CH]c1ccc(Cl)cc1C(=O)N1CCCC[C@H]1c1cc2nc(N3CCC3)cc(CN3CCOCC3)n2n1. The van der Waals surface area contributed by atoms with E-state index in [2.05, 4.69) is 15.9 Å². The third-order valence-electron chi connectivity index (χ3n) is 7.87. The lowest BCUT2D eigenvalue weighted by molar-refractivity contribution is 0.0333. The zero-order chi connectivity index (χ0) is 27.9. The van der Waals surface area contributed by atoms with Crippen LogP contribution in [0, 0.1) is 5.75 Å². The Bertz CT molecular complexity index is 1520. The fourth-order valence-electron chi connectivity index (χ4n) is 5.69. The summed E-state index contributed by atoms with van der Waals surface area (Å²) in [7, 11) is -3.46. The van der Waals surface area contributed by atoms with Gasteiger partial charge in [-0.2, -0.15) is 5.10 Å². The van der Waals surface area contributed by atoms with Crippen molar-refractivity contribution in [1.29, 1.82) is 0 Å². The second-order valence-electron chi connectivity index (χ2n) is 10.9. The van der Waals surface area contributed by atoms with Crippen LogP contribution in [-0.4, -0.2) is 90.9 Å². The number of aromatic nitrogens is 3. The number of amides is 1. The maximum Gasteiger partial charge on any atom is 0.254 e. The van der Waals surface area contributed by atoms with Gasteiger partial charge in [-0.05, 0) is 43.4 Å². The van der Waals surface area contributed by atoms with Crippen molar-refractivity contribution >= 4 is 38.8 Å². The number of nitrogens with zero attached hydrogens (tertiary/aromatic N) is 6. The molecule has 12 heteroatoms. The fraction of sp³-hybridized carbons (Fsp3) is 0.500. The van der Waals surface area contributed by atoms with E-state index in [0.29, 0.717) is 17.1 Å². The largest absolute Gasteiger partial charge is 0.379 e. The molecule has 1 atom stereocenters. The smallest absolute Gasteiger partial charge is 0.254 e. The zero-order valence-corrected chi connectivity index (χ0v) is 24.2. The molecule has 1 radical (unpaired) electrons. The van der Waals surface area contributed by atoms with Crippen LogP contribution in [0.15, 0.2) is 30.3 Å². The molecular weight excluding hydrogens is 552 g/mol. The Hall–Kier alpha value is -2.73. The number of benzene rings is 1. The number of carbonyl (C=O) groups excluding carboxylic acids is 1. The van der Waals surface area contributed by atoms with Crippen molar-refractivity contribution in [3.8, 4) is 0 Å². The van der Waals surface area contributed by atoms with Gasteiger partial charge in [0.2, 0.25) is 0 Å². The average Bonchev–Trinajstić information content (AvgIpc) is 3.33. The Balaban J connectivity index is 1.36. The number of fused-ring (bicyclic) bond motifs is 1. The van der Waals surface area contributed by atoms with Gasteiger partial charge < -0.3 is 14.5 Å². The van der Waals surface area contributed by atoms with Crippen molar-refractivity contribution in [3.63, 3.8) is 0 Å². The molecule has 0 spiro atoms. The van der Waals surface area contributed by atoms with Crippen molar-refractivity contribution in [3.05, 3.63) is 63.6 Å². The van der Waals surface area contributed by atoms with Crippen LogP contribution in [0.1, 0.15) is 59.0 Å². The third-order valence-corrected chi connectivity index (χ3v) is 8.78. The topological polar surface area (TPSA) is 100 Å². The van der Waals surface area contributed by atoms with Gasteiger partial charge in [0.1, 0.15) is 11.6 Å². The summed E-state index contributed by atoms with van der Waals surface area (Å²) in [5, 5.41) is 5.41. The lowest BCUT2D eigenvalue weighted by Crippen LogP contribution is -2.39. The second-order valence-corrected chi connectivity index (χ2v) is 13.2. The minimum absolute atomic E-state index is 0.248. The van der Waals surface area contributed by atoms with Crippen LogP contribution < -0.4 is 4.90 Å². The number of anilines is 1. The normalized spacial score (nSPS) is 20.6. The quantitative estimate of drug-likeness (QED) is 0.416. The van der Waals surface area contributed by atoms with Gasteiger partial charge in [0.15, 0.2) is 15.5 Å². The van der Waals surface area contributed by atoms with Crippen LogP contribution in [0.25, 0.3) is 5.65 Å². The summed E-state index contributed by atoms with van der Waals surface area (Å²) in [6.07, 6.45) is 4.87. The number of sulfone groups is 1. The van der Waals surface area contributed by atoms with Crippen molar-refractivity contribution < 1.29 is 17.9 Å². The van der Waals surface area contributed by atoms with E-state index in [9.17, 15) is 13.2 Å². The monoisotopic (exact) mass is 585 g/mol. The predicted octanol–water partition coefficient (Wildman–Crippen LogP) is 3.35. The standard InChI is InChI=1S/C28H34ClN6O4S/c1-40(37,38)19-20-6-7-21(29)15-23(20)28(36)34-10-3-2-5-25(34)24-17-27-30-26(33-8-4-9-33)16-22(35(27)31-24)18-32-11-13-39-14-12-32/h6-7,15-17,19,25H,2-5,8-14,18H2,1H3/t25-/m0/s1. The molecule has 0 bridgehead atoms. The first-order chi connectivity index (χ1) is 19.2. The van der Waals surface area contributed by atoms with Crippen LogP contribution >= 0.6 is 11.6 Å². The average molecular weight is 586 g/mol. The molecule has 0 aliphatic carbocycles. The Morgan fingerprint density at radius 3 is 2.60 bits per heavy atom. The van der Waals surface area contributed by atoms with Gasteiger partial charge in [-0.15, -0.1) is 0 Å². The van der Waals surface area contributed by atoms with Crippen molar-refractivity contribution in [2.45, 2.75) is 38.3 Å². The summed E-state index contributed by atoms with van der Waals surface area (Å²) in [6.45, 7) is 6.47. The van der Waals surface area contributed by atoms with E-state index in [1.165, 1.54) is 0 Å². The van der Waals surface area contributed by atoms with E-state index in [-0.39, 0.29) is 17.5 Å². The Morgan fingerprint density at radius 1 is 1.07 bits per heavy atom. The summed E-state index contributed by atoms with van der Waals surface area (Å²) in [6, 6.07) is 8.63. The van der Waals surface area contributed by atoms with Crippen LogP contribution in [0.2, 0.25) is 5.02 Å². The number of rotatable bonds is 7. The molecule has 3 saturated heterocycles. The van der Waals surface area contributed by atoms with Crippen molar-refractivity contribution in [2.75, 3.05) is 57.1 Å². The van der Waals surface area contributed by atoms with E-state index in [1.54, 1.807) is 18.2 Å². The van der Waals surface area contributed by atoms with Crippen molar-refractivity contribution in [1.82, 2.24) is 24.4 Å². The molecule has 2 aromatic heterocycles. The summed E-state index contributed by atoms with van der Waals surface area (Å²) in [5.74, 6) is 1.84. The highest BCUT2D eigenvalue weighted by molar-refractivity contribution is 7.92. The molecule has 3 aliphatic rings. The van der Waals surface area contributed by atoms with Gasteiger partial charge in [0, 0.05) is 68.2 Å².